The predicted molar refractivity (Wildman–Crippen MR) is 79.1 cm³/mol. The van der Waals surface area contributed by atoms with E-state index in [1.165, 1.54) is 51.4 Å². The smallest absolute Gasteiger partial charge is 0.222 e. The molecule has 3 heteroatoms. The van der Waals surface area contributed by atoms with Gasteiger partial charge >= 0.3 is 0 Å². The molecule has 2 aliphatic rings. The molecule has 2 rings (SSSR count). The Kier molecular flexibility index (Phi) is 6.15. The molecule has 110 valence electrons. The Morgan fingerprint density at radius 1 is 1.11 bits per heavy atom. The number of rotatable bonds is 5. The molecule has 0 aromatic heterocycles. The van der Waals surface area contributed by atoms with Crippen LogP contribution in [0.1, 0.15) is 64.7 Å². The normalized spacial score (nSPS) is 25.2. The Balaban J connectivity index is 1.77. The maximum absolute atomic E-state index is 12.4. The number of nitrogens with one attached hydrogen (secondary N) is 1. The SMILES string of the molecule is CCN(CC1CCCN1)C(=O)CC1CCCCCC1. The first-order chi connectivity index (χ1) is 9.29. The summed E-state index contributed by atoms with van der Waals surface area (Å²) in [7, 11) is 0. The van der Waals surface area contributed by atoms with E-state index in [-0.39, 0.29) is 0 Å². The zero-order valence-electron chi connectivity index (χ0n) is 12.5. The average Bonchev–Trinajstić information content (AvgIpc) is 2.79. The fourth-order valence-corrected chi connectivity index (χ4v) is 3.53. The highest BCUT2D eigenvalue weighted by atomic mass is 16.2. The van der Waals surface area contributed by atoms with Crippen molar-refractivity contribution in [2.45, 2.75) is 70.8 Å². The van der Waals surface area contributed by atoms with Gasteiger partial charge < -0.3 is 10.2 Å². The molecule has 1 saturated carbocycles. The highest BCUT2D eigenvalue weighted by molar-refractivity contribution is 5.76. The fourth-order valence-electron chi connectivity index (χ4n) is 3.53. The van der Waals surface area contributed by atoms with Crippen LogP contribution >= 0.6 is 0 Å². The van der Waals surface area contributed by atoms with E-state index >= 15 is 0 Å². The molecule has 3 nitrogen and oxygen atoms in total. The Hall–Kier alpha value is -0.570. The molecule has 1 amide bonds. The highest BCUT2D eigenvalue weighted by Crippen LogP contribution is 2.26. The van der Waals surface area contributed by atoms with Gasteiger partial charge in [-0.2, -0.15) is 0 Å². The van der Waals surface area contributed by atoms with Crippen molar-refractivity contribution < 1.29 is 4.79 Å². The third-order valence-corrected chi connectivity index (χ3v) is 4.78. The van der Waals surface area contributed by atoms with Crippen LogP contribution in [0.5, 0.6) is 0 Å². The minimum Gasteiger partial charge on any atom is -0.341 e. The van der Waals surface area contributed by atoms with Gasteiger partial charge in [-0.25, -0.2) is 0 Å². The molecule has 1 aliphatic carbocycles. The first-order valence-corrected chi connectivity index (χ1v) is 8.30. The molecule has 1 aliphatic heterocycles. The van der Waals surface area contributed by atoms with Gasteiger partial charge in [0.1, 0.15) is 0 Å². The van der Waals surface area contributed by atoms with Crippen LogP contribution in [-0.4, -0.2) is 36.5 Å². The Morgan fingerprint density at radius 3 is 2.42 bits per heavy atom. The molecule has 2 fully saturated rings. The van der Waals surface area contributed by atoms with E-state index in [9.17, 15) is 4.79 Å². The van der Waals surface area contributed by atoms with Gasteiger partial charge in [0.2, 0.25) is 5.91 Å². The molecule has 0 spiro atoms. The molecule has 0 aromatic carbocycles. The molecule has 0 bridgehead atoms. The van der Waals surface area contributed by atoms with Gasteiger partial charge in [0, 0.05) is 25.6 Å². The Morgan fingerprint density at radius 2 is 1.84 bits per heavy atom. The summed E-state index contributed by atoms with van der Waals surface area (Å²) >= 11 is 0. The van der Waals surface area contributed by atoms with Crippen LogP contribution in [0.3, 0.4) is 0 Å². The van der Waals surface area contributed by atoms with Gasteiger partial charge in [0.15, 0.2) is 0 Å². The third-order valence-electron chi connectivity index (χ3n) is 4.78. The summed E-state index contributed by atoms with van der Waals surface area (Å²) in [5, 5.41) is 3.50. The zero-order chi connectivity index (χ0) is 13.5. The van der Waals surface area contributed by atoms with Gasteiger partial charge in [-0.05, 0) is 45.1 Å². The van der Waals surface area contributed by atoms with Crippen molar-refractivity contribution in [2.24, 2.45) is 5.92 Å². The number of likely N-dealkylation sites (N-methyl/N-ethyl adjacent to an activating group) is 1. The second-order valence-corrected chi connectivity index (χ2v) is 6.29. The van der Waals surface area contributed by atoms with Crippen LogP contribution in [0.15, 0.2) is 0 Å². The van der Waals surface area contributed by atoms with Crippen molar-refractivity contribution in [3.05, 3.63) is 0 Å². The van der Waals surface area contributed by atoms with Crippen LogP contribution in [0.25, 0.3) is 0 Å². The van der Waals surface area contributed by atoms with E-state index in [1.54, 1.807) is 0 Å². The summed E-state index contributed by atoms with van der Waals surface area (Å²) in [5.74, 6) is 1.05. The zero-order valence-corrected chi connectivity index (χ0v) is 12.5. The number of carbonyl (C=O) groups is 1. The number of nitrogens with zero attached hydrogens (tertiary/aromatic N) is 1. The van der Waals surface area contributed by atoms with E-state index in [1.807, 2.05) is 0 Å². The van der Waals surface area contributed by atoms with Gasteiger partial charge in [0.25, 0.3) is 0 Å². The number of hydrogen-bond acceptors (Lipinski definition) is 2. The van der Waals surface area contributed by atoms with Gasteiger partial charge in [0.05, 0.1) is 0 Å². The van der Waals surface area contributed by atoms with Gasteiger partial charge in [-0.1, -0.05) is 25.7 Å². The predicted octanol–water partition coefficient (Wildman–Crippen LogP) is 2.95. The topological polar surface area (TPSA) is 32.3 Å². The first kappa shape index (κ1) is 14.8. The summed E-state index contributed by atoms with van der Waals surface area (Å²) < 4.78 is 0. The lowest BCUT2D eigenvalue weighted by Gasteiger charge is -2.26. The lowest BCUT2D eigenvalue weighted by Crippen LogP contribution is -2.41. The summed E-state index contributed by atoms with van der Waals surface area (Å²) in [6.07, 6.45) is 11.2. The summed E-state index contributed by atoms with van der Waals surface area (Å²) in [6, 6.07) is 0.540. The highest BCUT2D eigenvalue weighted by Gasteiger charge is 2.23. The van der Waals surface area contributed by atoms with E-state index in [0.29, 0.717) is 17.9 Å². The first-order valence-electron chi connectivity index (χ1n) is 8.30. The number of carbonyl (C=O) groups excluding carboxylic acids is 1. The largest absolute Gasteiger partial charge is 0.341 e. The maximum Gasteiger partial charge on any atom is 0.222 e. The molecule has 1 saturated heterocycles. The lowest BCUT2D eigenvalue weighted by atomic mass is 9.96. The van der Waals surface area contributed by atoms with Crippen LogP contribution in [0.4, 0.5) is 0 Å². The molecule has 1 heterocycles. The fraction of sp³-hybridized carbons (Fsp3) is 0.938. The van der Waals surface area contributed by atoms with Gasteiger partial charge in [-0.15, -0.1) is 0 Å². The second-order valence-electron chi connectivity index (χ2n) is 6.29. The van der Waals surface area contributed by atoms with Crippen LogP contribution in [0, 0.1) is 5.92 Å². The van der Waals surface area contributed by atoms with E-state index in [2.05, 4.69) is 17.1 Å². The number of hydrogen-bond donors (Lipinski definition) is 1. The van der Waals surface area contributed by atoms with E-state index < -0.39 is 0 Å². The molecule has 1 atom stereocenters. The molecule has 19 heavy (non-hydrogen) atoms. The molecule has 0 aromatic rings. The van der Waals surface area contributed by atoms with E-state index in [0.717, 1.165) is 26.1 Å². The molecule has 0 radical (unpaired) electrons. The second kappa shape index (κ2) is 7.88. The van der Waals surface area contributed by atoms with Crippen molar-refractivity contribution in [1.82, 2.24) is 10.2 Å². The van der Waals surface area contributed by atoms with Crippen molar-refractivity contribution >= 4 is 5.91 Å². The third kappa shape index (κ3) is 4.79. The minimum atomic E-state index is 0.392. The summed E-state index contributed by atoms with van der Waals surface area (Å²) in [4.78, 5) is 14.5. The van der Waals surface area contributed by atoms with Crippen LogP contribution in [0.2, 0.25) is 0 Å². The Bertz CT molecular complexity index is 266. The lowest BCUT2D eigenvalue weighted by molar-refractivity contribution is -0.132. The average molecular weight is 266 g/mol. The standard InChI is InChI=1S/C16H30N2O/c1-2-18(13-15-10-7-11-17-15)16(19)12-14-8-5-3-4-6-9-14/h14-15,17H,2-13H2,1H3. The van der Waals surface area contributed by atoms with Crippen molar-refractivity contribution in [3.8, 4) is 0 Å². The minimum absolute atomic E-state index is 0.392. The quantitative estimate of drug-likeness (QED) is 0.776. The van der Waals surface area contributed by atoms with Crippen molar-refractivity contribution in [2.75, 3.05) is 19.6 Å². The summed E-state index contributed by atoms with van der Waals surface area (Å²) in [5.41, 5.74) is 0. The van der Waals surface area contributed by atoms with Crippen LogP contribution in [-0.2, 0) is 4.79 Å². The molecule has 1 unspecified atom stereocenters. The summed E-state index contributed by atoms with van der Waals surface area (Å²) in [6.45, 7) is 5.02. The Labute approximate surface area is 118 Å². The monoisotopic (exact) mass is 266 g/mol. The molecular weight excluding hydrogens is 236 g/mol. The molecule has 1 N–H and O–H groups in total. The van der Waals surface area contributed by atoms with Crippen molar-refractivity contribution in [3.63, 3.8) is 0 Å². The van der Waals surface area contributed by atoms with E-state index in [4.69, 9.17) is 0 Å². The number of amides is 1. The van der Waals surface area contributed by atoms with Crippen LogP contribution < -0.4 is 5.32 Å². The van der Waals surface area contributed by atoms with Crippen molar-refractivity contribution in [1.29, 1.82) is 0 Å². The molecular formula is C16H30N2O. The maximum atomic E-state index is 12.4. The van der Waals surface area contributed by atoms with Gasteiger partial charge in [-0.3, -0.25) is 4.79 Å².